The molecule has 1 aromatic heterocycles. The second kappa shape index (κ2) is 9.48. The summed E-state index contributed by atoms with van der Waals surface area (Å²) in [7, 11) is -2.09. The number of rotatable bonds is 7. The van der Waals surface area contributed by atoms with Crippen LogP contribution in [0.4, 0.5) is 5.69 Å². The minimum Gasteiger partial charge on any atom is -0.484 e. The smallest absolute Gasteiger partial charge is 0.273 e. The third-order valence-corrected chi connectivity index (χ3v) is 8.09. The van der Waals surface area contributed by atoms with Crippen LogP contribution >= 0.6 is 11.3 Å². The summed E-state index contributed by atoms with van der Waals surface area (Å²) in [6.07, 6.45) is 1.45. The number of ether oxygens (including phenoxy) is 1. The van der Waals surface area contributed by atoms with Crippen LogP contribution in [0.3, 0.4) is 0 Å². The van der Waals surface area contributed by atoms with Crippen LogP contribution in [0.5, 0.6) is 5.75 Å². The Hall–Kier alpha value is -2.59. The molecule has 10 heteroatoms. The highest BCUT2D eigenvalue weighted by Gasteiger charge is 2.24. The Morgan fingerprint density at radius 3 is 2.43 bits per heavy atom. The molecule has 8 nitrogen and oxygen atoms in total. The zero-order valence-corrected chi connectivity index (χ0v) is 18.5. The maximum absolute atomic E-state index is 12.6. The van der Waals surface area contributed by atoms with Crippen LogP contribution < -0.4 is 14.4 Å². The van der Waals surface area contributed by atoms with E-state index in [1.54, 1.807) is 46.7 Å². The zero-order chi connectivity index (χ0) is 21.7. The summed E-state index contributed by atoms with van der Waals surface area (Å²) in [4.78, 5) is 25.2. The van der Waals surface area contributed by atoms with Crippen molar-refractivity contribution in [3.8, 4) is 5.75 Å². The standard InChI is InChI=1S/C20H25N3O5S2/c1-15(24)21-16-9-11-23(12-10-16)19(25)14-28-18-7-5-17(6-8-18)22(2)30(26,27)20-4-3-13-29-20/h3-8,13,16H,9-12,14H2,1-2H3,(H,21,24). The summed E-state index contributed by atoms with van der Waals surface area (Å²) < 4.78 is 32.2. The first-order valence-electron chi connectivity index (χ1n) is 9.57. The van der Waals surface area contributed by atoms with Gasteiger partial charge in [0.2, 0.25) is 5.91 Å². The summed E-state index contributed by atoms with van der Waals surface area (Å²) in [5.41, 5.74) is 0.502. The molecule has 2 amide bonds. The summed E-state index contributed by atoms with van der Waals surface area (Å²) in [6, 6.07) is 9.95. The number of sulfonamides is 1. The molecule has 162 valence electrons. The predicted molar refractivity (Wildman–Crippen MR) is 115 cm³/mol. The van der Waals surface area contributed by atoms with E-state index in [1.165, 1.54) is 29.6 Å². The van der Waals surface area contributed by atoms with Crippen LogP contribution in [0.1, 0.15) is 19.8 Å². The molecule has 3 rings (SSSR count). The molecule has 2 aromatic rings. The number of nitrogens with zero attached hydrogens (tertiary/aromatic N) is 2. The summed E-state index contributed by atoms with van der Waals surface area (Å²) >= 11 is 1.17. The van der Waals surface area contributed by atoms with Crippen LogP contribution in [0.25, 0.3) is 0 Å². The molecule has 0 bridgehead atoms. The molecule has 0 unspecified atom stereocenters. The number of benzene rings is 1. The molecular weight excluding hydrogens is 426 g/mol. The molecule has 1 N–H and O–H groups in total. The second-order valence-corrected chi connectivity index (χ2v) is 10.2. The quantitative estimate of drug-likeness (QED) is 0.695. The largest absolute Gasteiger partial charge is 0.484 e. The average molecular weight is 452 g/mol. The number of thiophene rings is 1. The summed E-state index contributed by atoms with van der Waals surface area (Å²) in [5, 5.41) is 4.60. The van der Waals surface area contributed by atoms with Gasteiger partial charge in [-0.3, -0.25) is 13.9 Å². The number of hydrogen-bond donors (Lipinski definition) is 1. The Bertz CT molecular complexity index is 966. The van der Waals surface area contributed by atoms with Gasteiger partial charge in [-0.25, -0.2) is 8.42 Å². The number of piperidine rings is 1. The first kappa shape index (κ1) is 22.1. The Labute approximate surface area is 180 Å². The number of amides is 2. The van der Waals surface area contributed by atoms with Gasteiger partial charge in [0.1, 0.15) is 9.96 Å². The third kappa shape index (κ3) is 5.31. The molecule has 1 saturated heterocycles. The van der Waals surface area contributed by atoms with Gasteiger partial charge < -0.3 is 15.0 Å². The van der Waals surface area contributed by atoms with E-state index in [0.29, 0.717) is 24.5 Å². The highest BCUT2D eigenvalue weighted by atomic mass is 32.2. The fraction of sp³-hybridized carbons (Fsp3) is 0.400. The maximum atomic E-state index is 12.6. The van der Waals surface area contributed by atoms with Crippen LogP contribution in [-0.4, -0.2) is 57.9 Å². The van der Waals surface area contributed by atoms with E-state index in [4.69, 9.17) is 4.74 Å². The van der Waals surface area contributed by atoms with Gasteiger partial charge >= 0.3 is 0 Å². The summed E-state index contributed by atoms with van der Waals surface area (Å²) in [5.74, 6) is 0.320. The first-order valence-corrected chi connectivity index (χ1v) is 11.9. The molecule has 2 heterocycles. The number of nitrogens with one attached hydrogen (secondary N) is 1. The lowest BCUT2D eigenvalue weighted by Crippen LogP contribution is -2.47. The van der Waals surface area contributed by atoms with Gasteiger partial charge in [0.25, 0.3) is 15.9 Å². The molecule has 0 spiro atoms. The molecule has 1 fully saturated rings. The Morgan fingerprint density at radius 2 is 1.87 bits per heavy atom. The van der Waals surface area contributed by atoms with E-state index in [9.17, 15) is 18.0 Å². The van der Waals surface area contributed by atoms with Crippen molar-refractivity contribution in [1.82, 2.24) is 10.2 Å². The molecule has 1 aliphatic heterocycles. The van der Waals surface area contributed by atoms with Crippen LogP contribution in [0, 0.1) is 0 Å². The highest BCUT2D eigenvalue weighted by Crippen LogP contribution is 2.26. The molecular formula is C20H25N3O5S2. The Kier molecular flexibility index (Phi) is 6.99. The molecule has 0 aliphatic carbocycles. The van der Waals surface area contributed by atoms with Gasteiger partial charge in [-0.2, -0.15) is 0 Å². The van der Waals surface area contributed by atoms with E-state index in [2.05, 4.69) is 5.32 Å². The van der Waals surface area contributed by atoms with Crippen molar-refractivity contribution in [2.24, 2.45) is 0 Å². The lowest BCUT2D eigenvalue weighted by molar-refractivity contribution is -0.134. The lowest BCUT2D eigenvalue weighted by Gasteiger charge is -2.32. The van der Waals surface area contributed by atoms with Crippen molar-refractivity contribution in [1.29, 1.82) is 0 Å². The van der Waals surface area contributed by atoms with Crippen molar-refractivity contribution in [3.63, 3.8) is 0 Å². The van der Waals surface area contributed by atoms with Crippen molar-refractivity contribution < 1.29 is 22.7 Å². The Morgan fingerprint density at radius 1 is 1.20 bits per heavy atom. The van der Waals surface area contributed by atoms with Crippen LogP contribution in [-0.2, 0) is 19.6 Å². The van der Waals surface area contributed by atoms with Crippen molar-refractivity contribution in [2.45, 2.75) is 30.0 Å². The van der Waals surface area contributed by atoms with Crippen LogP contribution in [0.15, 0.2) is 46.0 Å². The molecule has 0 radical (unpaired) electrons. The van der Waals surface area contributed by atoms with Gasteiger partial charge in [0.05, 0.1) is 5.69 Å². The normalized spacial score (nSPS) is 14.9. The predicted octanol–water partition coefficient (Wildman–Crippen LogP) is 2.08. The summed E-state index contributed by atoms with van der Waals surface area (Å²) in [6.45, 7) is 2.56. The van der Waals surface area contributed by atoms with E-state index in [1.807, 2.05) is 0 Å². The zero-order valence-electron chi connectivity index (χ0n) is 16.9. The average Bonchev–Trinajstić information content (AvgIpc) is 3.28. The maximum Gasteiger partial charge on any atom is 0.273 e. The van der Waals surface area contributed by atoms with Gasteiger partial charge in [-0.05, 0) is 48.6 Å². The van der Waals surface area contributed by atoms with E-state index < -0.39 is 10.0 Å². The minimum absolute atomic E-state index is 0.0552. The Balaban J connectivity index is 1.51. The van der Waals surface area contributed by atoms with Crippen LogP contribution in [0.2, 0.25) is 0 Å². The van der Waals surface area contributed by atoms with Crippen molar-refractivity contribution >= 4 is 38.9 Å². The van der Waals surface area contributed by atoms with Gasteiger partial charge in [0.15, 0.2) is 6.61 Å². The molecule has 1 aliphatic rings. The van der Waals surface area contributed by atoms with Gasteiger partial charge in [0, 0.05) is 33.1 Å². The van der Waals surface area contributed by atoms with E-state index >= 15 is 0 Å². The number of carbonyl (C=O) groups is 2. The van der Waals surface area contributed by atoms with Gasteiger partial charge in [-0.15, -0.1) is 11.3 Å². The molecule has 0 atom stereocenters. The number of likely N-dealkylation sites (tertiary alicyclic amines) is 1. The number of hydrogen-bond acceptors (Lipinski definition) is 6. The van der Waals surface area contributed by atoms with E-state index in [-0.39, 0.29) is 28.7 Å². The van der Waals surface area contributed by atoms with Crippen molar-refractivity contribution in [2.75, 3.05) is 31.0 Å². The fourth-order valence-electron chi connectivity index (χ4n) is 3.23. The molecule has 1 aromatic carbocycles. The number of carbonyl (C=O) groups excluding carboxylic acids is 2. The fourth-order valence-corrected chi connectivity index (χ4v) is 5.59. The first-order chi connectivity index (χ1) is 14.3. The van der Waals surface area contributed by atoms with Crippen molar-refractivity contribution in [3.05, 3.63) is 41.8 Å². The molecule has 30 heavy (non-hydrogen) atoms. The monoisotopic (exact) mass is 451 g/mol. The van der Waals surface area contributed by atoms with E-state index in [0.717, 1.165) is 12.8 Å². The third-order valence-electron chi connectivity index (χ3n) is 4.93. The topological polar surface area (TPSA) is 96.0 Å². The lowest BCUT2D eigenvalue weighted by atomic mass is 10.1. The van der Waals surface area contributed by atoms with Gasteiger partial charge in [-0.1, -0.05) is 6.07 Å². The second-order valence-electron chi connectivity index (χ2n) is 7.04. The highest BCUT2D eigenvalue weighted by molar-refractivity contribution is 7.94. The number of anilines is 1. The molecule has 0 saturated carbocycles. The SMILES string of the molecule is CC(=O)NC1CCN(C(=O)COc2ccc(N(C)S(=O)(=O)c3cccs3)cc2)CC1. The minimum atomic E-state index is -3.59.